The molecule has 0 radical (unpaired) electrons. The predicted octanol–water partition coefficient (Wildman–Crippen LogP) is 3.72. The molecule has 2 heteroatoms. The van der Waals surface area contributed by atoms with Crippen molar-refractivity contribution in [2.24, 2.45) is 0 Å². The number of allylic oxidation sites excluding steroid dienone is 2. The Hall–Kier alpha value is -1.83. The van der Waals surface area contributed by atoms with Gasteiger partial charge in [0.15, 0.2) is 0 Å². The van der Waals surface area contributed by atoms with Crippen molar-refractivity contribution in [1.29, 1.82) is 0 Å². The smallest absolute Gasteiger partial charge is 0.149 e. The van der Waals surface area contributed by atoms with Gasteiger partial charge in [-0.05, 0) is 55.9 Å². The van der Waals surface area contributed by atoms with Crippen LogP contribution in [-0.2, 0) is 4.79 Å². The van der Waals surface area contributed by atoms with Crippen LogP contribution in [0.4, 0.5) is 0 Å². The molecule has 0 unspecified atom stereocenters. The summed E-state index contributed by atoms with van der Waals surface area (Å²) >= 11 is 0. The molecule has 0 amide bonds. The summed E-state index contributed by atoms with van der Waals surface area (Å²) in [6.45, 7) is 4.14. The van der Waals surface area contributed by atoms with Crippen LogP contribution >= 0.6 is 0 Å². The Balaban J connectivity index is 2.23. The summed E-state index contributed by atoms with van der Waals surface area (Å²) in [5.74, 6) is 1.72. The lowest BCUT2D eigenvalue weighted by Gasteiger charge is -2.27. The maximum atomic E-state index is 11.1. The fourth-order valence-corrected chi connectivity index (χ4v) is 2.68. The molecule has 0 N–H and O–H groups in total. The predicted molar refractivity (Wildman–Crippen MR) is 71.5 cm³/mol. The van der Waals surface area contributed by atoms with Crippen molar-refractivity contribution in [1.82, 2.24) is 0 Å². The van der Waals surface area contributed by atoms with Gasteiger partial charge in [-0.1, -0.05) is 12.1 Å². The number of aldehydes is 1. The van der Waals surface area contributed by atoms with Gasteiger partial charge in [-0.2, -0.15) is 0 Å². The molecule has 0 aromatic heterocycles. The summed E-state index contributed by atoms with van der Waals surface area (Å²) in [6, 6.07) is 4.18. The first-order valence-electron chi connectivity index (χ1n) is 6.38. The van der Waals surface area contributed by atoms with E-state index >= 15 is 0 Å². The third-order valence-corrected chi connectivity index (χ3v) is 3.75. The van der Waals surface area contributed by atoms with Crippen molar-refractivity contribution in [3.05, 3.63) is 45.7 Å². The molecule has 0 fully saturated rings. The van der Waals surface area contributed by atoms with Gasteiger partial charge in [-0.3, -0.25) is 4.79 Å². The second-order valence-electron chi connectivity index (χ2n) is 5.04. The van der Waals surface area contributed by atoms with E-state index in [9.17, 15) is 4.79 Å². The van der Waals surface area contributed by atoms with Crippen LogP contribution in [0.5, 0.6) is 5.75 Å². The highest BCUT2D eigenvalue weighted by Crippen LogP contribution is 2.41. The lowest BCUT2D eigenvalue weighted by atomic mass is 9.89. The molecule has 18 heavy (non-hydrogen) atoms. The van der Waals surface area contributed by atoms with E-state index in [1.165, 1.54) is 16.7 Å². The van der Waals surface area contributed by atoms with Crippen molar-refractivity contribution < 1.29 is 9.53 Å². The Labute approximate surface area is 107 Å². The number of carbonyl (C=O) groups is 1. The molecule has 0 saturated carbocycles. The summed E-state index contributed by atoms with van der Waals surface area (Å²) < 4.78 is 6.03. The molecule has 2 aliphatic rings. The zero-order valence-electron chi connectivity index (χ0n) is 10.7. The number of rotatable bonds is 1. The van der Waals surface area contributed by atoms with Crippen LogP contribution in [0.2, 0.25) is 0 Å². The molecule has 0 spiro atoms. The third kappa shape index (κ3) is 1.60. The molecular weight excluding hydrogens is 224 g/mol. The van der Waals surface area contributed by atoms with Crippen LogP contribution in [-0.4, -0.2) is 6.29 Å². The van der Waals surface area contributed by atoms with E-state index in [0.717, 1.165) is 48.2 Å². The van der Waals surface area contributed by atoms with Gasteiger partial charge >= 0.3 is 0 Å². The molecule has 0 bridgehead atoms. The van der Waals surface area contributed by atoms with Crippen molar-refractivity contribution >= 4 is 12.4 Å². The Morgan fingerprint density at radius 3 is 2.72 bits per heavy atom. The van der Waals surface area contributed by atoms with Gasteiger partial charge in [-0.25, -0.2) is 0 Å². The van der Waals surface area contributed by atoms with E-state index in [0.29, 0.717) is 0 Å². The maximum Gasteiger partial charge on any atom is 0.149 e. The van der Waals surface area contributed by atoms with Gasteiger partial charge in [0.25, 0.3) is 0 Å². The van der Waals surface area contributed by atoms with Crippen LogP contribution in [0.25, 0.3) is 6.08 Å². The van der Waals surface area contributed by atoms with E-state index in [4.69, 9.17) is 4.74 Å². The van der Waals surface area contributed by atoms with E-state index in [2.05, 4.69) is 25.1 Å². The Morgan fingerprint density at radius 2 is 1.94 bits per heavy atom. The monoisotopic (exact) mass is 240 g/mol. The molecule has 1 aromatic rings. The van der Waals surface area contributed by atoms with Crippen molar-refractivity contribution in [2.45, 2.75) is 33.1 Å². The SMILES string of the molecule is Cc1ccc(C)c2c1C=C1CCCC(C=O)=C1O2. The summed E-state index contributed by atoms with van der Waals surface area (Å²) in [4.78, 5) is 11.1. The fourth-order valence-electron chi connectivity index (χ4n) is 2.68. The molecule has 0 saturated heterocycles. The van der Waals surface area contributed by atoms with E-state index < -0.39 is 0 Å². The molecule has 2 nitrogen and oxygen atoms in total. The molecule has 1 aromatic carbocycles. The van der Waals surface area contributed by atoms with Gasteiger partial charge in [0.05, 0.1) is 0 Å². The number of fused-ring (bicyclic) bond motifs is 2. The van der Waals surface area contributed by atoms with Gasteiger partial charge in [-0.15, -0.1) is 0 Å². The molecule has 1 aliphatic carbocycles. The zero-order valence-corrected chi connectivity index (χ0v) is 10.7. The van der Waals surface area contributed by atoms with Crippen molar-refractivity contribution in [2.75, 3.05) is 0 Å². The summed E-state index contributed by atoms with van der Waals surface area (Å²) in [7, 11) is 0. The van der Waals surface area contributed by atoms with Crippen LogP contribution in [0.3, 0.4) is 0 Å². The third-order valence-electron chi connectivity index (χ3n) is 3.75. The minimum absolute atomic E-state index is 0.803. The van der Waals surface area contributed by atoms with Crippen LogP contribution in [0, 0.1) is 13.8 Å². The highest BCUT2D eigenvalue weighted by Gasteiger charge is 2.25. The first-order valence-corrected chi connectivity index (χ1v) is 6.38. The number of hydrogen-bond donors (Lipinski definition) is 0. The minimum atomic E-state index is 0.803. The number of carbonyl (C=O) groups excluding carboxylic acids is 1. The van der Waals surface area contributed by atoms with Crippen molar-refractivity contribution in [3.63, 3.8) is 0 Å². The van der Waals surface area contributed by atoms with Crippen LogP contribution < -0.4 is 4.74 Å². The lowest BCUT2D eigenvalue weighted by molar-refractivity contribution is -0.105. The van der Waals surface area contributed by atoms with Gasteiger partial charge in [0.1, 0.15) is 17.8 Å². The number of aryl methyl sites for hydroxylation is 2. The molecule has 3 rings (SSSR count). The normalized spacial score (nSPS) is 17.6. The van der Waals surface area contributed by atoms with Crippen LogP contribution in [0.15, 0.2) is 29.0 Å². The number of benzene rings is 1. The Kier molecular flexibility index (Phi) is 2.58. The van der Waals surface area contributed by atoms with Gasteiger partial charge in [0, 0.05) is 11.1 Å². The van der Waals surface area contributed by atoms with Crippen molar-refractivity contribution in [3.8, 4) is 5.75 Å². The van der Waals surface area contributed by atoms with Gasteiger partial charge < -0.3 is 4.74 Å². The van der Waals surface area contributed by atoms with E-state index in [-0.39, 0.29) is 0 Å². The highest BCUT2D eigenvalue weighted by molar-refractivity contribution is 5.80. The average Bonchev–Trinajstić information content (AvgIpc) is 2.41. The minimum Gasteiger partial charge on any atom is -0.456 e. The number of hydrogen-bond acceptors (Lipinski definition) is 2. The summed E-state index contributed by atoms with van der Waals surface area (Å²) in [5.41, 5.74) is 5.49. The lowest BCUT2D eigenvalue weighted by Crippen LogP contribution is -2.14. The maximum absolute atomic E-state index is 11.1. The largest absolute Gasteiger partial charge is 0.456 e. The molecule has 1 heterocycles. The molecule has 1 aliphatic heterocycles. The highest BCUT2D eigenvalue weighted by atomic mass is 16.5. The first kappa shape index (κ1) is 11.3. The first-order chi connectivity index (χ1) is 8.70. The second-order valence-corrected chi connectivity index (χ2v) is 5.04. The van der Waals surface area contributed by atoms with E-state index in [1.54, 1.807) is 0 Å². The van der Waals surface area contributed by atoms with E-state index in [1.807, 2.05) is 6.92 Å². The topological polar surface area (TPSA) is 26.3 Å². The number of ether oxygens (including phenoxy) is 1. The van der Waals surface area contributed by atoms with Gasteiger partial charge in [0.2, 0.25) is 0 Å². The fraction of sp³-hybridized carbons (Fsp3) is 0.312. The molecular formula is C16H16O2. The average molecular weight is 240 g/mol. The quantitative estimate of drug-likeness (QED) is 0.699. The second kappa shape index (κ2) is 4.13. The molecule has 92 valence electrons. The Morgan fingerprint density at radius 1 is 1.17 bits per heavy atom. The zero-order chi connectivity index (χ0) is 12.7. The Bertz CT molecular complexity index is 591. The van der Waals surface area contributed by atoms with Crippen LogP contribution in [0.1, 0.15) is 36.0 Å². The standard InChI is InChI=1S/C16H16O2/c1-10-6-7-11(2)15-14(10)8-12-4-3-5-13(9-17)16(12)18-15/h6-9H,3-5H2,1-2H3. The molecule has 0 atom stereocenters. The summed E-state index contributed by atoms with van der Waals surface area (Å²) in [6.07, 6.45) is 6.00. The summed E-state index contributed by atoms with van der Waals surface area (Å²) in [5, 5.41) is 0.